The molecule has 0 fully saturated rings. The maximum absolute atomic E-state index is 13.8. The van der Waals surface area contributed by atoms with Crippen LogP contribution in [0.15, 0.2) is 48.3 Å². The first-order valence-corrected chi connectivity index (χ1v) is 13.5. The largest absolute Gasteiger partial charge is 0.503 e. The molecule has 3 aromatic rings. The van der Waals surface area contributed by atoms with Crippen molar-refractivity contribution in [3.8, 4) is 5.75 Å². The molecular weight excluding hydrogens is 526 g/mol. The second kappa shape index (κ2) is 11.3. The Bertz CT molecular complexity index is 1440. The van der Waals surface area contributed by atoms with Crippen molar-refractivity contribution in [1.82, 2.24) is 9.97 Å². The van der Waals surface area contributed by atoms with Crippen LogP contribution in [0.2, 0.25) is 0 Å². The molecule has 1 amide bonds. The lowest BCUT2D eigenvalue weighted by Gasteiger charge is -2.24. The van der Waals surface area contributed by atoms with Crippen molar-refractivity contribution in [3.63, 3.8) is 0 Å². The van der Waals surface area contributed by atoms with Crippen LogP contribution >= 0.6 is 22.7 Å². The van der Waals surface area contributed by atoms with Gasteiger partial charge in [-0.2, -0.15) is 0 Å². The summed E-state index contributed by atoms with van der Waals surface area (Å²) in [5.41, 5.74) is 1.37. The molecule has 0 spiro atoms. The summed E-state index contributed by atoms with van der Waals surface area (Å²) >= 11 is 2.15. The average Bonchev–Trinajstić information content (AvgIpc) is 3.53. The van der Waals surface area contributed by atoms with Gasteiger partial charge in [0.25, 0.3) is 5.91 Å². The monoisotopic (exact) mass is 553 g/mol. The number of anilines is 1. The van der Waals surface area contributed by atoms with Gasteiger partial charge in [-0.3, -0.25) is 14.5 Å². The Morgan fingerprint density at radius 1 is 1.11 bits per heavy atom. The lowest BCUT2D eigenvalue weighted by molar-refractivity contribution is -0.117. The summed E-state index contributed by atoms with van der Waals surface area (Å²) in [5, 5.41) is 11.9. The van der Waals surface area contributed by atoms with Crippen molar-refractivity contribution < 1.29 is 29.0 Å². The molecule has 11 heteroatoms. The van der Waals surface area contributed by atoms with Gasteiger partial charge in [-0.1, -0.05) is 43.0 Å². The summed E-state index contributed by atoms with van der Waals surface area (Å²) in [6, 6.07) is 6.00. The third-order valence-electron chi connectivity index (χ3n) is 5.74. The molecule has 1 aliphatic heterocycles. The number of carbonyl (C=O) groups is 3. The van der Waals surface area contributed by atoms with Gasteiger partial charge in [0.05, 0.1) is 39.5 Å². The zero-order chi connectivity index (χ0) is 27.6. The van der Waals surface area contributed by atoms with Gasteiger partial charge in [0.2, 0.25) is 5.78 Å². The lowest BCUT2D eigenvalue weighted by Crippen LogP contribution is -2.31. The van der Waals surface area contributed by atoms with Crippen LogP contribution in [0.4, 0.5) is 5.13 Å². The van der Waals surface area contributed by atoms with Crippen LogP contribution in [-0.4, -0.2) is 45.9 Å². The van der Waals surface area contributed by atoms with E-state index in [2.05, 4.69) is 16.5 Å². The molecule has 4 rings (SSSR count). The van der Waals surface area contributed by atoms with Gasteiger partial charge in [-0.15, -0.1) is 11.3 Å². The minimum Gasteiger partial charge on any atom is -0.503 e. The molecule has 1 unspecified atom stereocenters. The standard InChI is InChI=1S/C27H27N3O6S2/c1-6-12-35-18-10-8-17(9-11-18)20-19(21(31)23-14(3)28-16(5)37-23)22(32)25(33)30(20)27-29-15(4)24(38-27)26(34)36-13-7-2/h7-11,20,32H,2,6,12-13H2,1,3-5H3. The van der Waals surface area contributed by atoms with Crippen molar-refractivity contribution in [2.45, 2.75) is 40.2 Å². The second-order valence-corrected chi connectivity index (χ2v) is 10.7. The highest BCUT2D eigenvalue weighted by Crippen LogP contribution is 2.44. The normalized spacial score (nSPS) is 15.2. The van der Waals surface area contributed by atoms with Crippen LogP contribution in [0, 0.1) is 20.8 Å². The van der Waals surface area contributed by atoms with Crippen molar-refractivity contribution in [3.05, 3.63) is 80.0 Å². The minimum atomic E-state index is -0.986. The lowest BCUT2D eigenvalue weighted by atomic mass is 9.95. The van der Waals surface area contributed by atoms with E-state index in [1.807, 2.05) is 6.92 Å². The number of ether oxygens (including phenoxy) is 2. The number of nitrogens with zero attached hydrogens (tertiary/aromatic N) is 3. The fraction of sp³-hybridized carbons (Fsp3) is 0.296. The van der Waals surface area contributed by atoms with Crippen LogP contribution in [0.5, 0.6) is 5.75 Å². The first kappa shape index (κ1) is 27.2. The molecular formula is C27H27N3O6S2. The van der Waals surface area contributed by atoms with Crippen LogP contribution in [0.3, 0.4) is 0 Å². The van der Waals surface area contributed by atoms with Crippen LogP contribution in [0.25, 0.3) is 0 Å². The first-order valence-electron chi connectivity index (χ1n) is 11.9. The van der Waals surface area contributed by atoms with Gasteiger partial charge in [0.1, 0.15) is 17.2 Å². The third kappa shape index (κ3) is 5.11. The topological polar surface area (TPSA) is 119 Å². The highest BCUT2D eigenvalue weighted by molar-refractivity contribution is 7.17. The number of Topliss-reactive ketones (excluding diaryl/α,β-unsaturated/α-hetero) is 1. The number of ketones is 1. The number of aromatic nitrogens is 2. The van der Waals surface area contributed by atoms with Crippen molar-refractivity contribution in [2.24, 2.45) is 0 Å². The molecule has 1 atom stereocenters. The van der Waals surface area contributed by atoms with Gasteiger partial charge in [-0.25, -0.2) is 14.8 Å². The molecule has 0 bridgehead atoms. The van der Waals surface area contributed by atoms with E-state index in [-0.39, 0.29) is 22.2 Å². The van der Waals surface area contributed by atoms with Crippen molar-refractivity contribution in [1.29, 1.82) is 0 Å². The number of amides is 1. The highest BCUT2D eigenvalue weighted by Gasteiger charge is 2.46. The maximum atomic E-state index is 13.8. The van der Waals surface area contributed by atoms with Gasteiger partial charge in [-0.05, 0) is 44.9 Å². The van der Waals surface area contributed by atoms with E-state index in [0.717, 1.165) is 17.8 Å². The molecule has 38 heavy (non-hydrogen) atoms. The van der Waals surface area contributed by atoms with Crippen LogP contribution < -0.4 is 9.64 Å². The second-order valence-electron chi connectivity index (χ2n) is 8.53. The van der Waals surface area contributed by atoms with Crippen molar-refractivity contribution >= 4 is 45.5 Å². The highest BCUT2D eigenvalue weighted by atomic mass is 32.1. The van der Waals surface area contributed by atoms with Gasteiger partial charge in [0, 0.05) is 0 Å². The fourth-order valence-corrected chi connectivity index (χ4v) is 5.92. The molecule has 0 saturated heterocycles. The molecule has 2 aromatic heterocycles. The van der Waals surface area contributed by atoms with E-state index in [4.69, 9.17) is 9.47 Å². The summed E-state index contributed by atoms with van der Waals surface area (Å²) < 4.78 is 10.8. The number of hydrogen-bond donors (Lipinski definition) is 1. The minimum absolute atomic E-state index is 0.0256. The van der Waals surface area contributed by atoms with E-state index >= 15 is 0 Å². The number of aryl methyl sites for hydroxylation is 3. The Morgan fingerprint density at radius 3 is 2.39 bits per heavy atom. The number of rotatable bonds is 10. The number of thiazole rings is 2. The number of aliphatic hydroxyl groups excluding tert-OH is 1. The fourth-order valence-electron chi connectivity index (χ4n) is 4.06. The SMILES string of the molecule is C=CCOC(=O)c1sc(N2C(=O)C(O)=C(C(=O)c3sc(C)nc3C)C2c2ccc(OCCC)cc2)nc1C. The molecule has 9 nitrogen and oxygen atoms in total. The maximum Gasteiger partial charge on any atom is 0.350 e. The number of aliphatic hydroxyl groups is 1. The quantitative estimate of drug-likeness (QED) is 0.200. The molecule has 1 aromatic carbocycles. The summed E-state index contributed by atoms with van der Waals surface area (Å²) in [4.78, 5) is 50.3. The molecule has 1 N–H and O–H groups in total. The Balaban J connectivity index is 1.81. The van der Waals surface area contributed by atoms with E-state index in [9.17, 15) is 19.5 Å². The molecule has 0 radical (unpaired) electrons. The van der Waals surface area contributed by atoms with Gasteiger partial charge >= 0.3 is 5.97 Å². The zero-order valence-electron chi connectivity index (χ0n) is 21.4. The Labute approximate surface area is 228 Å². The number of esters is 1. The van der Waals surface area contributed by atoms with E-state index < -0.39 is 29.5 Å². The van der Waals surface area contributed by atoms with E-state index in [0.29, 0.717) is 39.2 Å². The van der Waals surface area contributed by atoms with Crippen LogP contribution in [0.1, 0.15) is 60.7 Å². The van der Waals surface area contributed by atoms with E-state index in [1.165, 1.54) is 22.3 Å². The Hall–Kier alpha value is -3.83. The molecule has 1 aliphatic rings. The summed E-state index contributed by atoms with van der Waals surface area (Å²) in [6.45, 7) is 11.2. The Kier molecular flexibility index (Phi) is 8.08. The number of hydrogen-bond acceptors (Lipinski definition) is 10. The first-order chi connectivity index (χ1) is 18.2. The summed E-state index contributed by atoms with van der Waals surface area (Å²) in [6.07, 6.45) is 2.29. The summed E-state index contributed by atoms with van der Waals surface area (Å²) in [5.74, 6) is -1.91. The predicted octanol–water partition coefficient (Wildman–Crippen LogP) is 5.44. The third-order valence-corrected chi connectivity index (χ3v) is 7.95. The van der Waals surface area contributed by atoms with Crippen LogP contribution in [-0.2, 0) is 9.53 Å². The zero-order valence-corrected chi connectivity index (χ0v) is 23.1. The molecule has 3 heterocycles. The van der Waals surface area contributed by atoms with Crippen molar-refractivity contribution in [2.75, 3.05) is 18.1 Å². The van der Waals surface area contributed by atoms with Gasteiger partial charge < -0.3 is 14.6 Å². The number of carbonyl (C=O) groups excluding carboxylic acids is 3. The summed E-state index contributed by atoms with van der Waals surface area (Å²) in [7, 11) is 0. The average molecular weight is 554 g/mol. The van der Waals surface area contributed by atoms with E-state index in [1.54, 1.807) is 45.0 Å². The molecule has 0 saturated carbocycles. The predicted molar refractivity (Wildman–Crippen MR) is 145 cm³/mol. The molecule has 198 valence electrons. The van der Waals surface area contributed by atoms with Gasteiger partial charge in [0.15, 0.2) is 10.9 Å². The smallest absolute Gasteiger partial charge is 0.350 e. The number of benzene rings is 1. The Morgan fingerprint density at radius 2 is 1.79 bits per heavy atom. The molecule has 0 aliphatic carbocycles.